The standard InChI is InChI=1S/C17H27P/c1-5-18(16-9-7-6-8-10-16)17-12-11-13(2)14(3)15(17)4/h11-12,16H,5-10H2,1-4H3. The number of benzene rings is 1. The monoisotopic (exact) mass is 262 g/mol. The van der Waals surface area contributed by atoms with Crippen LogP contribution < -0.4 is 5.30 Å². The van der Waals surface area contributed by atoms with E-state index in [9.17, 15) is 0 Å². The summed E-state index contributed by atoms with van der Waals surface area (Å²) in [7, 11) is 0.0789. The van der Waals surface area contributed by atoms with Gasteiger partial charge in [-0.25, -0.2) is 0 Å². The number of hydrogen-bond acceptors (Lipinski definition) is 0. The lowest BCUT2D eigenvalue weighted by atomic mass is 10.0. The minimum absolute atomic E-state index is 0.0789. The molecule has 0 radical (unpaired) electrons. The molecular formula is C17H27P. The number of aryl methyl sites for hydroxylation is 1. The smallest absolute Gasteiger partial charge is 0.0169 e. The van der Waals surface area contributed by atoms with Gasteiger partial charge in [0.1, 0.15) is 0 Å². The third-order valence-electron chi connectivity index (χ3n) is 4.70. The van der Waals surface area contributed by atoms with Crippen molar-refractivity contribution >= 4 is 13.2 Å². The molecule has 0 heterocycles. The summed E-state index contributed by atoms with van der Waals surface area (Å²) >= 11 is 0. The van der Waals surface area contributed by atoms with Crippen LogP contribution in [0.4, 0.5) is 0 Å². The molecular weight excluding hydrogens is 235 g/mol. The van der Waals surface area contributed by atoms with Crippen molar-refractivity contribution in [1.29, 1.82) is 0 Å². The van der Waals surface area contributed by atoms with Gasteiger partial charge >= 0.3 is 0 Å². The molecule has 1 aromatic carbocycles. The van der Waals surface area contributed by atoms with Crippen LogP contribution in [-0.2, 0) is 0 Å². The van der Waals surface area contributed by atoms with Crippen LogP contribution in [0.2, 0.25) is 0 Å². The average molecular weight is 262 g/mol. The molecule has 0 nitrogen and oxygen atoms in total. The summed E-state index contributed by atoms with van der Waals surface area (Å²) in [6.07, 6.45) is 8.72. The fraction of sp³-hybridized carbons (Fsp3) is 0.647. The highest BCUT2D eigenvalue weighted by atomic mass is 31.1. The van der Waals surface area contributed by atoms with E-state index in [2.05, 4.69) is 39.8 Å². The first-order chi connectivity index (χ1) is 8.65. The zero-order valence-electron chi connectivity index (χ0n) is 12.4. The topological polar surface area (TPSA) is 0 Å². The highest BCUT2D eigenvalue weighted by Crippen LogP contribution is 2.47. The Morgan fingerprint density at radius 1 is 1.00 bits per heavy atom. The fourth-order valence-corrected chi connectivity index (χ4v) is 6.37. The Bertz CT molecular complexity index is 402. The van der Waals surface area contributed by atoms with Crippen LogP contribution in [0.15, 0.2) is 12.1 Å². The van der Waals surface area contributed by atoms with Crippen LogP contribution in [0.5, 0.6) is 0 Å². The second kappa shape index (κ2) is 6.20. The maximum absolute atomic E-state index is 2.43. The van der Waals surface area contributed by atoms with Crippen LogP contribution >= 0.6 is 7.92 Å². The average Bonchev–Trinajstić information content (AvgIpc) is 2.41. The molecule has 1 fully saturated rings. The summed E-state index contributed by atoms with van der Waals surface area (Å²) < 4.78 is 0. The zero-order valence-corrected chi connectivity index (χ0v) is 13.3. The quantitative estimate of drug-likeness (QED) is 0.667. The van der Waals surface area contributed by atoms with Crippen molar-refractivity contribution in [1.82, 2.24) is 0 Å². The Balaban J connectivity index is 2.29. The molecule has 0 amide bonds. The van der Waals surface area contributed by atoms with Gasteiger partial charge in [0.2, 0.25) is 0 Å². The van der Waals surface area contributed by atoms with Gasteiger partial charge in [0.15, 0.2) is 0 Å². The van der Waals surface area contributed by atoms with Gasteiger partial charge in [0.25, 0.3) is 0 Å². The first kappa shape index (κ1) is 14.1. The van der Waals surface area contributed by atoms with Gasteiger partial charge in [0, 0.05) is 0 Å². The molecule has 0 aromatic heterocycles. The van der Waals surface area contributed by atoms with Gasteiger partial charge in [-0.1, -0.05) is 46.2 Å². The molecule has 0 saturated heterocycles. The van der Waals surface area contributed by atoms with E-state index < -0.39 is 0 Å². The normalized spacial score (nSPS) is 18.9. The molecule has 2 rings (SSSR count). The molecule has 18 heavy (non-hydrogen) atoms. The second-order valence-corrected chi connectivity index (χ2v) is 8.51. The Hall–Kier alpha value is -0.350. The molecule has 1 heteroatoms. The molecule has 1 saturated carbocycles. The number of hydrogen-bond donors (Lipinski definition) is 0. The van der Waals surface area contributed by atoms with E-state index in [4.69, 9.17) is 0 Å². The molecule has 1 aliphatic carbocycles. The van der Waals surface area contributed by atoms with Gasteiger partial charge < -0.3 is 0 Å². The van der Waals surface area contributed by atoms with Crippen molar-refractivity contribution < 1.29 is 0 Å². The van der Waals surface area contributed by atoms with E-state index in [0.29, 0.717) is 0 Å². The molecule has 0 spiro atoms. The lowest BCUT2D eigenvalue weighted by molar-refractivity contribution is 0.512. The van der Waals surface area contributed by atoms with Crippen molar-refractivity contribution in [2.24, 2.45) is 0 Å². The summed E-state index contributed by atoms with van der Waals surface area (Å²) in [5.41, 5.74) is 5.54. The Labute approximate surface area is 114 Å². The molecule has 1 aromatic rings. The SMILES string of the molecule is CCP(c1ccc(C)c(C)c1C)C1CCCCC1. The van der Waals surface area contributed by atoms with Crippen LogP contribution in [0.25, 0.3) is 0 Å². The molecule has 0 bridgehead atoms. The summed E-state index contributed by atoms with van der Waals surface area (Å²) in [5, 5.41) is 1.70. The molecule has 0 N–H and O–H groups in total. The van der Waals surface area contributed by atoms with Crippen LogP contribution in [-0.4, -0.2) is 11.8 Å². The zero-order chi connectivity index (χ0) is 13.1. The van der Waals surface area contributed by atoms with Gasteiger partial charge in [-0.15, -0.1) is 0 Å². The van der Waals surface area contributed by atoms with E-state index in [1.54, 1.807) is 10.9 Å². The minimum atomic E-state index is 0.0789. The van der Waals surface area contributed by atoms with Crippen LogP contribution in [0, 0.1) is 20.8 Å². The van der Waals surface area contributed by atoms with Gasteiger partial charge in [-0.2, -0.15) is 0 Å². The molecule has 0 aliphatic heterocycles. The first-order valence-electron chi connectivity index (χ1n) is 7.48. The Morgan fingerprint density at radius 3 is 2.28 bits per heavy atom. The van der Waals surface area contributed by atoms with Crippen LogP contribution in [0.3, 0.4) is 0 Å². The minimum Gasteiger partial charge on any atom is -0.0721 e. The van der Waals surface area contributed by atoms with Crippen molar-refractivity contribution in [3.05, 3.63) is 28.8 Å². The summed E-state index contributed by atoms with van der Waals surface area (Å²) in [4.78, 5) is 0. The summed E-state index contributed by atoms with van der Waals surface area (Å²) in [5.74, 6) is 0. The highest BCUT2D eigenvalue weighted by molar-refractivity contribution is 7.66. The van der Waals surface area contributed by atoms with E-state index in [0.717, 1.165) is 5.66 Å². The van der Waals surface area contributed by atoms with Gasteiger partial charge in [-0.3, -0.25) is 0 Å². The second-order valence-electron chi connectivity index (χ2n) is 5.73. The maximum atomic E-state index is 2.43. The first-order valence-corrected chi connectivity index (χ1v) is 9.08. The third-order valence-corrected chi connectivity index (χ3v) is 7.88. The van der Waals surface area contributed by atoms with Crippen molar-refractivity contribution in [3.8, 4) is 0 Å². The number of rotatable bonds is 3. The largest absolute Gasteiger partial charge is 0.0721 e. The van der Waals surface area contributed by atoms with Gasteiger partial charge in [0.05, 0.1) is 0 Å². The lowest BCUT2D eigenvalue weighted by Crippen LogP contribution is -2.20. The molecule has 1 atom stereocenters. The van der Waals surface area contributed by atoms with Gasteiger partial charge in [-0.05, 0) is 67.4 Å². The maximum Gasteiger partial charge on any atom is -0.0169 e. The molecule has 1 unspecified atom stereocenters. The van der Waals surface area contributed by atoms with Crippen molar-refractivity contribution in [2.45, 2.75) is 65.5 Å². The van der Waals surface area contributed by atoms with Crippen molar-refractivity contribution in [2.75, 3.05) is 6.16 Å². The lowest BCUT2D eigenvalue weighted by Gasteiger charge is -2.32. The van der Waals surface area contributed by atoms with E-state index in [1.807, 2.05) is 0 Å². The third kappa shape index (κ3) is 2.80. The summed E-state index contributed by atoms with van der Waals surface area (Å²) in [6.45, 7) is 9.26. The molecule has 1 aliphatic rings. The van der Waals surface area contributed by atoms with E-state index in [1.165, 1.54) is 49.4 Å². The Kier molecular flexibility index (Phi) is 4.84. The molecule has 100 valence electrons. The van der Waals surface area contributed by atoms with Crippen molar-refractivity contribution in [3.63, 3.8) is 0 Å². The predicted molar refractivity (Wildman–Crippen MR) is 84.6 cm³/mol. The van der Waals surface area contributed by atoms with E-state index in [-0.39, 0.29) is 7.92 Å². The summed E-state index contributed by atoms with van der Waals surface area (Å²) in [6, 6.07) is 4.77. The fourth-order valence-electron chi connectivity index (χ4n) is 3.27. The Morgan fingerprint density at radius 2 is 1.67 bits per heavy atom. The van der Waals surface area contributed by atoms with E-state index >= 15 is 0 Å². The predicted octanol–water partition coefficient (Wildman–Crippen LogP) is 5.07. The highest BCUT2D eigenvalue weighted by Gasteiger charge is 2.24. The van der Waals surface area contributed by atoms with Crippen LogP contribution in [0.1, 0.15) is 55.7 Å².